The first-order valence-corrected chi connectivity index (χ1v) is 8.55. The largest absolute Gasteiger partial charge is 0.377 e. The van der Waals surface area contributed by atoms with Gasteiger partial charge in [0.25, 0.3) is 0 Å². The van der Waals surface area contributed by atoms with Crippen LogP contribution in [0.1, 0.15) is 55.7 Å². The fourth-order valence-corrected chi connectivity index (χ4v) is 3.65. The van der Waals surface area contributed by atoms with Gasteiger partial charge in [-0.2, -0.15) is 0 Å². The first-order chi connectivity index (χ1) is 10.1. The molecule has 21 heavy (non-hydrogen) atoms. The monoisotopic (exact) mass is 289 g/mol. The number of ether oxygens (including phenoxy) is 1. The van der Waals surface area contributed by atoms with Crippen molar-refractivity contribution in [2.24, 2.45) is 11.7 Å². The highest BCUT2D eigenvalue weighted by molar-refractivity contribution is 5.31. The van der Waals surface area contributed by atoms with Gasteiger partial charge in [0, 0.05) is 12.6 Å². The molecule has 2 N–H and O–H groups in total. The molecule has 1 aliphatic rings. The molecule has 1 aliphatic carbocycles. The molecule has 1 aromatic carbocycles. The number of benzene rings is 1. The molecule has 0 heterocycles. The molecular weight excluding hydrogens is 258 g/mol. The lowest BCUT2D eigenvalue weighted by molar-refractivity contribution is -0.00914. The van der Waals surface area contributed by atoms with Crippen LogP contribution < -0.4 is 5.73 Å². The summed E-state index contributed by atoms with van der Waals surface area (Å²) < 4.78 is 6.06. The van der Waals surface area contributed by atoms with Crippen LogP contribution in [0.4, 0.5) is 0 Å². The zero-order chi connectivity index (χ0) is 15.2. The quantitative estimate of drug-likeness (QED) is 0.853. The molecule has 0 amide bonds. The molecule has 0 saturated heterocycles. The van der Waals surface area contributed by atoms with Crippen LogP contribution in [0.3, 0.4) is 0 Å². The van der Waals surface area contributed by atoms with Crippen molar-refractivity contribution >= 4 is 0 Å². The van der Waals surface area contributed by atoms with Crippen LogP contribution in [0.5, 0.6) is 0 Å². The smallest absolute Gasteiger partial charge is 0.0757 e. The molecule has 0 aromatic heterocycles. The maximum Gasteiger partial charge on any atom is 0.0757 e. The fraction of sp³-hybridized carbons (Fsp3) is 0.684. The van der Waals surface area contributed by atoms with Gasteiger partial charge in [-0.25, -0.2) is 0 Å². The summed E-state index contributed by atoms with van der Waals surface area (Å²) in [7, 11) is 0. The highest BCUT2D eigenvalue weighted by Crippen LogP contribution is 2.30. The van der Waals surface area contributed by atoms with E-state index in [1.165, 1.54) is 48.8 Å². The molecule has 2 unspecified atom stereocenters. The summed E-state index contributed by atoms with van der Waals surface area (Å²) in [5, 5.41) is 0. The van der Waals surface area contributed by atoms with E-state index in [9.17, 15) is 0 Å². The Bertz CT molecular complexity index is 437. The molecule has 1 fully saturated rings. The lowest BCUT2D eigenvalue weighted by Crippen LogP contribution is -2.44. The van der Waals surface area contributed by atoms with Crippen LogP contribution in [0.2, 0.25) is 0 Å². The summed E-state index contributed by atoms with van der Waals surface area (Å²) in [5.41, 5.74) is 10.6. The second-order valence-electron chi connectivity index (χ2n) is 6.62. The third-order valence-electron chi connectivity index (χ3n) is 4.86. The molecule has 2 atom stereocenters. The predicted molar refractivity (Wildman–Crippen MR) is 89.6 cm³/mol. The number of rotatable bonds is 6. The Kier molecular flexibility index (Phi) is 6.25. The molecular formula is C19H31NO. The van der Waals surface area contributed by atoms with E-state index in [4.69, 9.17) is 10.5 Å². The van der Waals surface area contributed by atoms with Gasteiger partial charge in [0.1, 0.15) is 0 Å². The van der Waals surface area contributed by atoms with Gasteiger partial charge in [0.2, 0.25) is 0 Å². The molecule has 2 rings (SSSR count). The molecule has 118 valence electrons. The van der Waals surface area contributed by atoms with Crippen molar-refractivity contribution in [3.8, 4) is 0 Å². The van der Waals surface area contributed by atoms with E-state index in [0.717, 1.165) is 13.0 Å². The van der Waals surface area contributed by atoms with Gasteiger partial charge in [-0.1, -0.05) is 43.0 Å². The van der Waals surface area contributed by atoms with Crippen LogP contribution in [-0.4, -0.2) is 18.8 Å². The maximum absolute atomic E-state index is 6.56. The Morgan fingerprint density at radius 3 is 2.57 bits per heavy atom. The van der Waals surface area contributed by atoms with Crippen LogP contribution in [0.25, 0.3) is 0 Å². The summed E-state index contributed by atoms with van der Waals surface area (Å²) in [6.07, 6.45) is 7.76. The zero-order valence-electron chi connectivity index (χ0n) is 13.9. The molecule has 2 heteroatoms. The summed E-state index contributed by atoms with van der Waals surface area (Å²) in [6.45, 7) is 7.18. The molecule has 2 nitrogen and oxygen atoms in total. The Morgan fingerprint density at radius 2 is 1.90 bits per heavy atom. The second kappa shape index (κ2) is 7.95. The first kappa shape index (κ1) is 16.5. The summed E-state index contributed by atoms with van der Waals surface area (Å²) in [6, 6.07) is 6.76. The van der Waals surface area contributed by atoms with Gasteiger partial charge < -0.3 is 10.5 Å². The van der Waals surface area contributed by atoms with Crippen molar-refractivity contribution in [3.05, 3.63) is 34.9 Å². The minimum atomic E-state index is 0.105. The standard InChI is InChI=1S/C19H31NO/c1-4-21-19(16-8-6-5-7-9-16)18(20)13-17-12-14(2)10-11-15(17)3/h10-12,16,18-19H,4-9,13,20H2,1-3H3. The number of hydrogen-bond donors (Lipinski definition) is 1. The van der Waals surface area contributed by atoms with Gasteiger partial charge in [-0.15, -0.1) is 0 Å². The van der Waals surface area contributed by atoms with Gasteiger partial charge in [0.05, 0.1) is 6.10 Å². The van der Waals surface area contributed by atoms with Crippen molar-refractivity contribution < 1.29 is 4.74 Å². The summed E-state index contributed by atoms with van der Waals surface area (Å²) >= 11 is 0. The Morgan fingerprint density at radius 1 is 1.19 bits per heavy atom. The molecule has 1 aromatic rings. The summed E-state index contributed by atoms with van der Waals surface area (Å²) in [5.74, 6) is 0.652. The highest BCUT2D eigenvalue weighted by atomic mass is 16.5. The van der Waals surface area contributed by atoms with E-state index in [1.807, 2.05) is 0 Å². The molecule has 0 radical (unpaired) electrons. The van der Waals surface area contributed by atoms with Crippen molar-refractivity contribution in [3.63, 3.8) is 0 Å². The van der Waals surface area contributed by atoms with E-state index >= 15 is 0 Å². The fourth-order valence-electron chi connectivity index (χ4n) is 3.65. The topological polar surface area (TPSA) is 35.2 Å². The number of hydrogen-bond acceptors (Lipinski definition) is 2. The van der Waals surface area contributed by atoms with Crippen LogP contribution in [0.15, 0.2) is 18.2 Å². The van der Waals surface area contributed by atoms with E-state index < -0.39 is 0 Å². The zero-order valence-corrected chi connectivity index (χ0v) is 13.9. The lowest BCUT2D eigenvalue weighted by atomic mass is 9.81. The SMILES string of the molecule is CCOC(C(N)Cc1cc(C)ccc1C)C1CCCCC1. The van der Waals surface area contributed by atoms with E-state index in [-0.39, 0.29) is 12.1 Å². The first-order valence-electron chi connectivity index (χ1n) is 8.55. The van der Waals surface area contributed by atoms with Gasteiger partial charge in [-0.3, -0.25) is 0 Å². The lowest BCUT2D eigenvalue weighted by Gasteiger charge is -2.34. The van der Waals surface area contributed by atoms with Gasteiger partial charge >= 0.3 is 0 Å². The average molecular weight is 289 g/mol. The molecule has 1 saturated carbocycles. The number of nitrogens with two attached hydrogens (primary N) is 1. The van der Waals surface area contributed by atoms with E-state index in [1.54, 1.807) is 0 Å². The highest BCUT2D eigenvalue weighted by Gasteiger charge is 2.29. The minimum absolute atomic E-state index is 0.105. The van der Waals surface area contributed by atoms with Crippen molar-refractivity contribution in [2.45, 2.75) is 71.4 Å². The number of aryl methyl sites for hydroxylation is 2. The minimum Gasteiger partial charge on any atom is -0.377 e. The van der Waals surface area contributed by atoms with Gasteiger partial charge in [0.15, 0.2) is 0 Å². The second-order valence-corrected chi connectivity index (χ2v) is 6.62. The molecule has 0 spiro atoms. The van der Waals surface area contributed by atoms with Crippen LogP contribution in [0, 0.1) is 19.8 Å². The van der Waals surface area contributed by atoms with Gasteiger partial charge in [-0.05, 0) is 57.1 Å². The molecule has 0 bridgehead atoms. The van der Waals surface area contributed by atoms with Crippen LogP contribution >= 0.6 is 0 Å². The van der Waals surface area contributed by atoms with E-state index in [2.05, 4.69) is 39.0 Å². The predicted octanol–water partition coefficient (Wildman–Crippen LogP) is 4.16. The van der Waals surface area contributed by atoms with E-state index in [0.29, 0.717) is 5.92 Å². The molecule has 0 aliphatic heterocycles. The van der Waals surface area contributed by atoms with Crippen molar-refractivity contribution in [2.75, 3.05) is 6.61 Å². The maximum atomic E-state index is 6.56. The normalized spacial score (nSPS) is 19.4. The Hall–Kier alpha value is -0.860. The van der Waals surface area contributed by atoms with Crippen LogP contribution in [-0.2, 0) is 11.2 Å². The Balaban J connectivity index is 2.06. The summed E-state index contributed by atoms with van der Waals surface area (Å²) in [4.78, 5) is 0. The third-order valence-corrected chi connectivity index (χ3v) is 4.86. The third kappa shape index (κ3) is 4.55. The van der Waals surface area contributed by atoms with Crippen molar-refractivity contribution in [1.29, 1.82) is 0 Å². The average Bonchev–Trinajstić information content (AvgIpc) is 2.49. The Labute approximate surface area is 130 Å². The van der Waals surface area contributed by atoms with Crippen molar-refractivity contribution in [1.82, 2.24) is 0 Å².